The summed E-state index contributed by atoms with van der Waals surface area (Å²) in [4.78, 5) is 4.32. The molecule has 0 amide bonds. The van der Waals surface area contributed by atoms with Gasteiger partial charge in [-0.05, 0) is 35.9 Å². The average Bonchev–Trinajstić information content (AvgIpc) is 2.83. The molecule has 1 heterocycles. The summed E-state index contributed by atoms with van der Waals surface area (Å²) in [6.45, 7) is 0.653. The molecule has 1 aromatic heterocycles. The monoisotopic (exact) mass is 302 g/mol. The van der Waals surface area contributed by atoms with Gasteiger partial charge in [-0.3, -0.25) is 0 Å². The van der Waals surface area contributed by atoms with E-state index in [1.54, 1.807) is 18.5 Å². The number of nitrogens with zero attached hydrogens (tertiary/aromatic N) is 2. The minimum absolute atomic E-state index is 0.399. The van der Waals surface area contributed by atoms with Crippen molar-refractivity contribution in [1.29, 1.82) is 0 Å². The van der Waals surface area contributed by atoms with Crippen LogP contribution in [0, 0.1) is 0 Å². The maximum Gasteiger partial charge on any atom is 0.707 e. The summed E-state index contributed by atoms with van der Waals surface area (Å²) in [5.74, 6) is 0.399. The number of fused-ring (bicyclic) bond motifs is 1. The number of hydrogen-bond acceptors (Lipinski definition) is 4. The van der Waals surface area contributed by atoms with Crippen LogP contribution in [-0.2, 0) is 6.54 Å². The van der Waals surface area contributed by atoms with E-state index < -0.39 is 7.32 Å². The molecule has 0 bridgehead atoms. The minimum atomic E-state index is -1.81. The largest absolute Gasteiger partial charge is 0.707 e. The van der Waals surface area contributed by atoms with Crippen molar-refractivity contribution >= 4 is 30.0 Å². The standard InChI is InChI=1S/C14H12BClN2O3/c16-11-3-6-14-13(7-11)17-9-18(14)8-10-1-4-12(5-2-10)21-15(19)20/h1-7,9,19-20H,8H2. The Morgan fingerprint density at radius 3 is 2.62 bits per heavy atom. The zero-order chi connectivity index (χ0) is 14.8. The Morgan fingerprint density at radius 1 is 1.14 bits per heavy atom. The van der Waals surface area contributed by atoms with Crippen molar-refractivity contribution in [2.75, 3.05) is 0 Å². The molecular weight excluding hydrogens is 290 g/mol. The van der Waals surface area contributed by atoms with Gasteiger partial charge in [-0.2, -0.15) is 0 Å². The first-order valence-electron chi connectivity index (χ1n) is 6.34. The normalized spacial score (nSPS) is 10.8. The van der Waals surface area contributed by atoms with Gasteiger partial charge in [0, 0.05) is 11.6 Å². The van der Waals surface area contributed by atoms with Gasteiger partial charge in [-0.1, -0.05) is 23.7 Å². The summed E-state index contributed by atoms with van der Waals surface area (Å²) in [5.41, 5.74) is 2.90. The fourth-order valence-corrected chi connectivity index (χ4v) is 2.32. The smallest absolute Gasteiger partial charge is 0.512 e. The van der Waals surface area contributed by atoms with Crippen molar-refractivity contribution in [3.63, 3.8) is 0 Å². The summed E-state index contributed by atoms with van der Waals surface area (Å²) in [7, 11) is -1.81. The molecule has 0 radical (unpaired) electrons. The third-order valence-electron chi connectivity index (χ3n) is 3.10. The van der Waals surface area contributed by atoms with Crippen LogP contribution in [0.5, 0.6) is 5.75 Å². The lowest BCUT2D eigenvalue weighted by molar-refractivity contribution is 0.288. The van der Waals surface area contributed by atoms with Gasteiger partial charge < -0.3 is 19.3 Å². The molecule has 0 atom stereocenters. The SMILES string of the molecule is OB(O)Oc1ccc(Cn2cnc3cc(Cl)ccc32)cc1. The van der Waals surface area contributed by atoms with Crippen molar-refractivity contribution in [3.8, 4) is 5.75 Å². The maximum atomic E-state index is 8.73. The fraction of sp³-hybridized carbons (Fsp3) is 0.0714. The highest BCUT2D eigenvalue weighted by molar-refractivity contribution is 6.33. The molecule has 3 rings (SSSR count). The van der Waals surface area contributed by atoms with Gasteiger partial charge in [0.05, 0.1) is 17.4 Å². The summed E-state index contributed by atoms with van der Waals surface area (Å²) in [6, 6.07) is 12.7. The summed E-state index contributed by atoms with van der Waals surface area (Å²) in [5, 5.41) is 18.1. The molecule has 0 unspecified atom stereocenters. The Labute approximate surface area is 126 Å². The lowest BCUT2D eigenvalue weighted by Crippen LogP contribution is -2.20. The maximum absolute atomic E-state index is 8.73. The van der Waals surface area contributed by atoms with E-state index in [-0.39, 0.29) is 0 Å². The van der Waals surface area contributed by atoms with E-state index in [1.165, 1.54) is 0 Å². The van der Waals surface area contributed by atoms with Gasteiger partial charge in [0.25, 0.3) is 0 Å². The first kappa shape index (κ1) is 13.9. The van der Waals surface area contributed by atoms with Crippen LogP contribution in [0.4, 0.5) is 0 Å². The molecule has 2 N–H and O–H groups in total. The van der Waals surface area contributed by atoms with E-state index >= 15 is 0 Å². The molecule has 0 aliphatic carbocycles. The molecule has 106 valence electrons. The molecule has 0 aliphatic rings. The number of halogens is 1. The molecule has 0 saturated carbocycles. The molecule has 0 saturated heterocycles. The van der Waals surface area contributed by atoms with E-state index in [2.05, 4.69) is 4.98 Å². The first-order valence-corrected chi connectivity index (χ1v) is 6.72. The van der Waals surface area contributed by atoms with Crippen LogP contribution >= 0.6 is 11.6 Å². The summed E-state index contributed by atoms with van der Waals surface area (Å²) in [6.07, 6.45) is 1.77. The second-order valence-electron chi connectivity index (χ2n) is 4.59. The Balaban J connectivity index is 1.81. The molecule has 21 heavy (non-hydrogen) atoms. The predicted molar refractivity (Wildman–Crippen MR) is 81.1 cm³/mol. The predicted octanol–water partition coefficient (Wildman–Crippen LogP) is 2.09. The van der Waals surface area contributed by atoms with E-state index in [1.807, 2.05) is 34.9 Å². The molecule has 0 spiro atoms. The fourth-order valence-electron chi connectivity index (χ4n) is 2.15. The van der Waals surface area contributed by atoms with E-state index in [9.17, 15) is 0 Å². The van der Waals surface area contributed by atoms with Crippen molar-refractivity contribution < 1.29 is 14.7 Å². The van der Waals surface area contributed by atoms with Crippen LogP contribution in [0.3, 0.4) is 0 Å². The summed E-state index contributed by atoms with van der Waals surface area (Å²) >= 11 is 5.94. The van der Waals surface area contributed by atoms with E-state index in [4.69, 9.17) is 26.3 Å². The lowest BCUT2D eigenvalue weighted by atomic mass is 10.2. The zero-order valence-corrected chi connectivity index (χ0v) is 11.7. The molecule has 3 aromatic rings. The highest BCUT2D eigenvalue weighted by Gasteiger charge is 2.10. The lowest BCUT2D eigenvalue weighted by Gasteiger charge is -2.07. The second kappa shape index (κ2) is 5.77. The first-order chi connectivity index (χ1) is 10.1. The Kier molecular flexibility index (Phi) is 3.83. The van der Waals surface area contributed by atoms with Crippen LogP contribution in [0.25, 0.3) is 11.0 Å². The Morgan fingerprint density at radius 2 is 1.90 bits per heavy atom. The van der Waals surface area contributed by atoms with E-state index in [0.29, 0.717) is 17.3 Å². The third-order valence-corrected chi connectivity index (χ3v) is 3.34. The molecule has 7 heteroatoms. The van der Waals surface area contributed by atoms with E-state index in [0.717, 1.165) is 16.6 Å². The van der Waals surface area contributed by atoms with Crippen LogP contribution in [-0.4, -0.2) is 26.9 Å². The van der Waals surface area contributed by atoms with Gasteiger partial charge in [-0.15, -0.1) is 0 Å². The number of aromatic nitrogens is 2. The van der Waals surface area contributed by atoms with Crippen LogP contribution in [0.15, 0.2) is 48.8 Å². The van der Waals surface area contributed by atoms with Gasteiger partial charge in [0.2, 0.25) is 0 Å². The second-order valence-corrected chi connectivity index (χ2v) is 5.03. The molecule has 0 fully saturated rings. The van der Waals surface area contributed by atoms with Gasteiger partial charge >= 0.3 is 7.32 Å². The van der Waals surface area contributed by atoms with Crippen molar-refractivity contribution in [2.24, 2.45) is 0 Å². The van der Waals surface area contributed by atoms with Crippen molar-refractivity contribution in [2.45, 2.75) is 6.54 Å². The topological polar surface area (TPSA) is 67.5 Å². The molecule has 2 aromatic carbocycles. The zero-order valence-electron chi connectivity index (χ0n) is 11.0. The quantitative estimate of drug-likeness (QED) is 0.724. The number of benzene rings is 2. The summed E-state index contributed by atoms with van der Waals surface area (Å²) < 4.78 is 6.78. The number of hydrogen-bond donors (Lipinski definition) is 2. The van der Waals surface area contributed by atoms with Crippen molar-refractivity contribution in [3.05, 3.63) is 59.4 Å². The van der Waals surface area contributed by atoms with Crippen LogP contribution in [0.1, 0.15) is 5.56 Å². The van der Waals surface area contributed by atoms with Gasteiger partial charge in [0.1, 0.15) is 5.75 Å². The number of rotatable bonds is 4. The molecule has 5 nitrogen and oxygen atoms in total. The Hall–Kier alpha value is -2.02. The molecule has 0 aliphatic heterocycles. The highest BCUT2D eigenvalue weighted by Crippen LogP contribution is 2.20. The number of imidazole rings is 1. The van der Waals surface area contributed by atoms with Crippen LogP contribution < -0.4 is 4.65 Å². The minimum Gasteiger partial charge on any atom is -0.512 e. The molecular formula is C14H12BClN2O3. The van der Waals surface area contributed by atoms with Crippen LogP contribution in [0.2, 0.25) is 5.02 Å². The average molecular weight is 303 g/mol. The highest BCUT2D eigenvalue weighted by atomic mass is 35.5. The Bertz CT molecular complexity index is 759. The third kappa shape index (κ3) is 3.18. The van der Waals surface area contributed by atoms with Gasteiger partial charge in [-0.25, -0.2) is 4.98 Å². The van der Waals surface area contributed by atoms with Gasteiger partial charge in [0.15, 0.2) is 0 Å². The van der Waals surface area contributed by atoms with Crippen molar-refractivity contribution in [1.82, 2.24) is 9.55 Å².